The molecular formula is C28H27BrN2O5. The van der Waals surface area contributed by atoms with E-state index in [9.17, 15) is 10.0 Å². The summed E-state index contributed by atoms with van der Waals surface area (Å²) in [6.45, 7) is 0.473. The van der Waals surface area contributed by atoms with Crippen molar-refractivity contribution in [1.82, 2.24) is 5.48 Å². The highest BCUT2D eigenvalue weighted by Gasteiger charge is 2.52. The fourth-order valence-corrected chi connectivity index (χ4v) is 4.25. The molecule has 4 rings (SSSR count). The Bertz CT molecular complexity index is 1210. The Morgan fingerprint density at radius 2 is 1.81 bits per heavy atom. The van der Waals surface area contributed by atoms with Gasteiger partial charge >= 0.3 is 0 Å². The Hall–Kier alpha value is -3.46. The third-order valence-electron chi connectivity index (χ3n) is 5.84. The van der Waals surface area contributed by atoms with Crippen molar-refractivity contribution in [2.45, 2.75) is 24.5 Å². The van der Waals surface area contributed by atoms with Crippen molar-refractivity contribution >= 4 is 33.8 Å². The van der Waals surface area contributed by atoms with Crippen LogP contribution in [0.4, 0.5) is 0 Å². The van der Waals surface area contributed by atoms with Gasteiger partial charge in [-0.3, -0.25) is 10.0 Å². The monoisotopic (exact) mass is 550 g/mol. The van der Waals surface area contributed by atoms with Crippen molar-refractivity contribution in [3.05, 3.63) is 106 Å². The van der Waals surface area contributed by atoms with Gasteiger partial charge in [0.05, 0.1) is 6.61 Å². The molecular weight excluding hydrogens is 524 g/mol. The first-order valence-electron chi connectivity index (χ1n) is 11.6. The Morgan fingerprint density at radius 1 is 1.08 bits per heavy atom. The van der Waals surface area contributed by atoms with Crippen molar-refractivity contribution in [2.24, 2.45) is 4.99 Å². The standard InChI is InChI=1S/C28H27BrN2O5/c29-23-13-9-21(10-14-23)25-28(27(33)31-34,17-4-8-20-6-2-1-3-7-20)30-26(36-25)22-11-15-24(16-12-22)35-19-5-18-32/h1-4,6-16,25,32,34H,5,17-19H2,(H,31,33)/b8-4+/t25-,28-/m0/s1. The first-order valence-corrected chi connectivity index (χ1v) is 12.4. The Morgan fingerprint density at radius 3 is 2.47 bits per heavy atom. The van der Waals surface area contributed by atoms with E-state index in [1.807, 2.05) is 72.2 Å². The van der Waals surface area contributed by atoms with Crippen LogP contribution >= 0.6 is 15.9 Å². The van der Waals surface area contributed by atoms with Gasteiger partial charge in [0, 0.05) is 29.5 Å². The predicted molar refractivity (Wildman–Crippen MR) is 141 cm³/mol. The van der Waals surface area contributed by atoms with E-state index < -0.39 is 17.6 Å². The normalized spacial score (nSPS) is 19.1. The molecule has 8 heteroatoms. The van der Waals surface area contributed by atoms with Crippen LogP contribution in [0, 0.1) is 0 Å². The molecule has 0 radical (unpaired) electrons. The number of ether oxygens (including phenoxy) is 2. The molecule has 0 saturated carbocycles. The molecule has 0 aromatic heterocycles. The van der Waals surface area contributed by atoms with E-state index in [2.05, 4.69) is 15.9 Å². The van der Waals surface area contributed by atoms with Crippen LogP contribution in [0.1, 0.15) is 35.6 Å². The quantitative estimate of drug-likeness (QED) is 0.186. The van der Waals surface area contributed by atoms with Gasteiger partial charge in [0.1, 0.15) is 5.75 Å². The van der Waals surface area contributed by atoms with E-state index in [1.54, 1.807) is 24.3 Å². The molecule has 0 bridgehead atoms. The third-order valence-corrected chi connectivity index (χ3v) is 6.37. The van der Waals surface area contributed by atoms with Crippen LogP contribution in [-0.4, -0.2) is 40.9 Å². The van der Waals surface area contributed by atoms with Crippen molar-refractivity contribution in [3.8, 4) is 5.75 Å². The van der Waals surface area contributed by atoms with Gasteiger partial charge in [-0.25, -0.2) is 10.5 Å². The largest absolute Gasteiger partial charge is 0.494 e. The second kappa shape index (κ2) is 12.0. The first-order chi connectivity index (χ1) is 17.6. The molecule has 186 valence electrons. The SMILES string of the molecule is O=C(NO)[C@@]1(C/C=C/c2ccccc2)N=C(c2ccc(OCCCO)cc2)O[C@H]1c1ccc(Br)cc1. The zero-order valence-corrected chi connectivity index (χ0v) is 21.1. The maximum absolute atomic E-state index is 13.2. The smallest absolute Gasteiger partial charge is 0.275 e. The lowest BCUT2D eigenvalue weighted by Crippen LogP contribution is -2.47. The van der Waals surface area contributed by atoms with E-state index in [1.165, 1.54) is 0 Å². The summed E-state index contributed by atoms with van der Waals surface area (Å²) < 4.78 is 12.8. The summed E-state index contributed by atoms with van der Waals surface area (Å²) in [4.78, 5) is 17.9. The van der Waals surface area contributed by atoms with Crippen LogP contribution in [-0.2, 0) is 9.53 Å². The molecule has 1 amide bonds. The molecule has 1 heterocycles. The lowest BCUT2D eigenvalue weighted by Gasteiger charge is -2.28. The van der Waals surface area contributed by atoms with Gasteiger partial charge in [-0.2, -0.15) is 0 Å². The molecule has 3 aromatic carbocycles. The summed E-state index contributed by atoms with van der Waals surface area (Å²) in [5.74, 6) is 0.286. The van der Waals surface area contributed by atoms with Crippen LogP contribution in [0.15, 0.2) is 94.4 Å². The second-order valence-corrected chi connectivity index (χ2v) is 9.21. The van der Waals surface area contributed by atoms with Crippen molar-refractivity contribution in [2.75, 3.05) is 13.2 Å². The lowest BCUT2D eigenvalue weighted by molar-refractivity contribution is -0.137. The maximum atomic E-state index is 13.2. The lowest BCUT2D eigenvalue weighted by atomic mass is 9.84. The van der Waals surface area contributed by atoms with Crippen LogP contribution < -0.4 is 10.2 Å². The molecule has 3 N–H and O–H groups in total. The van der Waals surface area contributed by atoms with Crippen LogP contribution in [0.3, 0.4) is 0 Å². The summed E-state index contributed by atoms with van der Waals surface area (Å²) in [6, 6.07) is 24.4. The minimum Gasteiger partial charge on any atom is -0.494 e. The molecule has 0 spiro atoms. The molecule has 3 aromatic rings. The van der Waals surface area contributed by atoms with Gasteiger partial charge in [-0.05, 0) is 47.5 Å². The molecule has 7 nitrogen and oxygen atoms in total. The number of hydrogen-bond acceptors (Lipinski definition) is 6. The minimum absolute atomic E-state index is 0.0634. The number of nitrogens with zero attached hydrogens (tertiary/aromatic N) is 1. The zero-order chi connectivity index (χ0) is 25.4. The number of hydrogen-bond donors (Lipinski definition) is 3. The number of rotatable bonds is 10. The van der Waals surface area contributed by atoms with E-state index >= 15 is 0 Å². The molecule has 0 aliphatic carbocycles. The number of aliphatic hydroxyl groups is 1. The van der Waals surface area contributed by atoms with E-state index in [4.69, 9.17) is 19.6 Å². The number of aliphatic hydroxyl groups excluding tert-OH is 1. The maximum Gasteiger partial charge on any atom is 0.275 e. The molecule has 2 atom stereocenters. The average molecular weight is 551 g/mol. The number of aliphatic imine (C=N–C) groups is 1. The van der Waals surface area contributed by atoms with Gasteiger partial charge in [0.25, 0.3) is 5.91 Å². The van der Waals surface area contributed by atoms with Crippen molar-refractivity contribution in [1.29, 1.82) is 0 Å². The summed E-state index contributed by atoms with van der Waals surface area (Å²) in [5.41, 5.74) is 2.78. The van der Waals surface area contributed by atoms with Gasteiger partial charge < -0.3 is 14.6 Å². The van der Waals surface area contributed by atoms with Gasteiger partial charge in [-0.1, -0.05) is 70.5 Å². The summed E-state index contributed by atoms with van der Waals surface area (Å²) in [7, 11) is 0. The first kappa shape index (κ1) is 25.6. The molecule has 1 aliphatic rings. The van der Waals surface area contributed by atoms with Crippen LogP contribution in [0.5, 0.6) is 5.75 Å². The van der Waals surface area contributed by atoms with Gasteiger partial charge in [0.2, 0.25) is 5.90 Å². The number of benzene rings is 3. The molecule has 0 unspecified atom stereocenters. The van der Waals surface area contributed by atoms with Crippen LogP contribution in [0.25, 0.3) is 6.08 Å². The van der Waals surface area contributed by atoms with Crippen molar-refractivity contribution < 1.29 is 24.6 Å². The fraction of sp³-hybridized carbons (Fsp3) is 0.214. The highest BCUT2D eigenvalue weighted by Crippen LogP contribution is 2.43. The van der Waals surface area contributed by atoms with E-state index in [0.717, 1.165) is 15.6 Å². The number of carbonyl (C=O) groups excluding carboxylic acids is 1. The Labute approximate surface area is 218 Å². The van der Waals surface area contributed by atoms with Gasteiger partial charge in [0.15, 0.2) is 11.6 Å². The second-order valence-electron chi connectivity index (χ2n) is 8.30. The Kier molecular flexibility index (Phi) is 8.53. The molecule has 1 aliphatic heterocycles. The highest BCUT2D eigenvalue weighted by atomic mass is 79.9. The fourth-order valence-electron chi connectivity index (χ4n) is 3.99. The number of nitrogens with one attached hydrogen (secondary N) is 1. The van der Waals surface area contributed by atoms with E-state index in [-0.39, 0.29) is 13.0 Å². The Balaban J connectivity index is 1.69. The minimum atomic E-state index is -1.43. The zero-order valence-electron chi connectivity index (χ0n) is 19.5. The summed E-state index contributed by atoms with van der Waals surface area (Å²) >= 11 is 3.45. The van der Waals surface area contributed by atoms with Crippen LogP contribution in [0.2, 0.25) is 0 Å². The van der Waals surface area contributed by atoms with E-state index in [0.29, 0.717) is 30.2 Å². The van der Waals surface area contributed by atoms with Gasteiger partial charge in [-0.15, -0.1) is 0 Å². The number of carbonyl (C=O) groups is 1. The number of hydroxylamine groups is 1. The summed E-state index contributed by atoms with van der Waals surface area (Å²) in [5, 5.41) is 18.6. The molecule has 0 fully saturated rings. The van der Waals surface area contributed by atoms with Crippen molar-refractivity contribution in [3.63, 3.8) is 0 Å². The summed E-state index contributed by atoms with van der Waals surface area (Å²) in [6.07, 6.45) is 3.75. The number of halogens is 1. The topological polar surface area (TPSA) is 100 Å². The number of amides is 1. The average Bonchev–Trinajstić information content (AvgIpc) is 3.30. The highest BCUT2D eigenvalue weighted by molar-refractivity contribution is 9.10. The molecule has 0 saturated heterocycles. The third kappa shape index (κ3) is 5.84. The molecule has 36 heavy (non-hydrogen) atoms. The predicted octanol–water partition coefficient (Wildman–Crippen LogP) is 5.08.